The van der Waals surface area contributed by atoms with Crippen molar-refractivity contribution in [3.8, 4) is 0 Å². The lowest BCUT2D eigenvalue weighted by molar-refractivity contribution is 1.08. The summed E-state index contributed by atoms with van der Waals surface area (Å²) in [5.74, 6) is 0. The Morgan fingerprint density at radius 3 is 2.56 bits per heavy atom. The van der Waals surface area contributed by atoms with Gasteiger partial charge in [0.15, 0.2) is 0 Å². The molecular weight excluding hydrogens is 108 g/mol. The van der Waals surface area contributed by atoms with Crippen molar-refractivity contribution in [2.75, 3.05) is 0 Å². The Labute approximate surface area is 58.3 Å². The highest BCUT2D eigenvalue weighted by molar-refractivity contribution is 5.00. The maximum Gasteiger partial charge on any atom is -0.0167 e. The first-order valence-corrected chi connectivity index (χ1v) is 3.58. The maximum atomic E-state index is 2.26. The summed E-state index contributed by atoms with van der Waals surface area (Å²) in [6, 6.07) is 0. The summed E-state index contributed by atoms with van der Waals surface area (Å²) < 4.78 is 0. The van der Waals surface area contributed by atoms with Gasteiger partial charge in [0, 0.05) is 0 Å². The maximum absolute atomic E-state index is 2.26. The van der Waals surface area contributed by atoms with E-state index in [9.17, 15) is 0 Å². The van der Waals surface area contributed by atoms with Crippen molar-refractivity contribution < 1.29 is 0 Å². The zero-order valence-corrected chi connectivity index (χ0v) is 6.65. The summed E-state index contributed by atoms with van der Waals surface area (Å²) in [5, 5.41) is 0. The molecule has 0 heteroatoms. The Hall–Kier alpha value is -0.520. The second kappa shape index (κ2) is 5.61. The molecule has 0 aliphatic carbocycles. The molecular formula is C9H16. The van der Waals surface area contributed by atoms with Crippen molar-refractivity contribution in [2.24, 2.45) is 0 Å². The van der Waals surface area contributed by atoms with Crippen LogP contribution in [0.2, 0.25) is 0 Å². The first-order valence-electron chi connectivity index (χ1n) is 3.58. The van der Waals surface area contributed by atoms with Crippen LogP contribution < -0.4 is 0 Å². The van der Waals surface area contributed by atoms with E-state index in [1.54, 1.807) is 0 Å². The molecule has 0 aliphatic rings. The molecule has 9 heavy (non-hydrogen) atoms. The van der Waals surface area contributed by atoms with Gasteiger partial charge < -0.3 is 0 Å². The average molecular weight is 124 g/mol. The predicted octanol–water partition coefficient (Wildman–Crippen LogP) is 3.31. The normalized spacial score (nSPS) is 13.0. The SMILES string of the molecule is C/C=C\C/C=C(\C)CC. The summed E-state index contributed by atoms with van der Waals surface area (Å²) in [6.45, 7) is 6.40. The van der Waals surface area contributed by atoms with Crippen molar-refractivity contribution in [2.45, 2.75) is 33.6 Å². The third-order valence-electron chi connectivity index (χ3n) is 1.40. The van der Waals surface area contributed by atoms with Gasteiger partial charge in [0.2, 0.25) is 0 Å². The Kier molecular flexibility index (Phi) is 5.29. The fourth-order valence-corrected chi connectivity index (χ4v) is 0.550. The molecule has 0 fully saturated rings. The van der Waals surface area contributed by atoms with Crippen molar-refractivity contribution >= 4 is 0 Å². The van der Waals surface area contributed by atoms with E-state index in [0.29, 0.717) is 0 Å². The highest BCUT2D eigenvalue weighted by Crippen LogP contribution is 1.99. The van der Waals surface area contributed by atoms with E-state index >= 15 is 0 Å². The number of hydrogen-bond donors (Lipinski definition) is 0. The monoisotopic (exact) mass is 124 g/mol. The summed E-state index contributed by atoms with van der Waals surface area (Å²) in [5.41, 5.74) is 1.48. The largest absolute Gasteiger partial charge is 0.0914 e. The molecule has 0 N–H and O–H groups in total. The second-order valence-corrected chi connectivity index (χ2v) is 2.21. The minimum Gasteiger partial charge on any atom is -0.0914 e. The van der Waals surface area contributed by atoms with Gasteiger partial charge in [-0.15, -0.1) is 0 Å². The van der Waals surface area contributed by atoms with Gasteiger partial charge in [-0.25, -0.2) is 0 Å². The van der Waals surface area contributed by atoms with Crippen LogP contribution in [0, 0.1) is 0 Å². The Balaban J connectivity index is 3.43. The van der Waals surface area contributed by atoms with Crippen LogP contribution in [-0.2, 0) is 0 Å². The van der Waals surface area contributed by atoms with Crippen molar-refractivity contribution in [3.05, 3.63) is 23.8 Å². The predicted molar refractivity (Wildman–Crippen MR) is 43.5 cm³/mol. The molecule has 0 rings (SSSR count). The van der Waals surface area contributed by atoms with Crippen molar-refractivity contribution in [3.63, 3.8) is 0 Å². The average Bonchev–Trinajstić information content (AvgIpc) is 1.89. The minimum atomic E-state index is 1.09. The lowest BCUT2D eigenvalue weighted by Crippen LogP contribution is -1.69. The fraction of sp³-hybridized carbons (Fsp3) is 0.556. The molecule has 0 heterocycles. The lowest BCUT2D eigenvalue weighted by Gasteiger charge is -1.90. The van der Waals surface area contributed by atoms with Crippen LogP contribution in [0.1, 0.15) is 33.6 Å². The van der Waals surface area contributed by atoms with Crippen LogP contribution >= 0.6 is 0 Å². The quantitative estimate of drug-likeness (QED) is 0.506. The molecule has 0 saturated heterocycles. The highest BCUT2D eigenvalue weighted by Gasteiger charge is 1.78. The minimum absolute atomic E-state index is 1.09. The number of hydrogen-bond acceptors (Lipinski definition) is 0. The zero-order chi connectivity index (χ0) is 7.11. The van der Waals surface area contributed by atoms with Gasteiger partial charge >= 0.3 is 0 Å². The van der Waals surface area contributed by atoms with Crippen molar-refractivity contribution in [1.29, 1.82) is 0 Å². The van der Waals surface area contributed by atoms with Gasteiger partial charge in [-0.05, 0) is 26.7 Å². The molecule has 0 bridgehead atoms. The van der Waals surface area contributed by atoms with E-state index in [4.69, 9.17) is 0 Å². The topological polar surface area (TPSA) is 0 Å². The second-order valence-electron chi connectivity index (χ2n) is 2.21. The summed E-state index contributed by atoms with van der Waals surface area (Å²) >= 11 is 0. The van der Waals surface area contributed by atoms with E-state index in [2.05, 4.69) is 39.0 Å². The third-order valence-corrected chi connectivity index (χ3v) is 1.40. The Morgan fingerprint density at radius 2 is 2.11 bits per heavy atom. The third kappa shape index (κ3) is 5.35. The molecule has 0 aromatic rings. The molecule has 0 unspecified atom stereocenters. The van der Waals surface area contributed by atoms with Gasteiger partial charge in [-0.3, -0.25) is 0 Å². The smallest absolute Gasteiger partial charge is 0.0167 e. The first kappa shape index (κ1) is 8.48. The van der Waals surface area contributed by atoms with Crippen LogP contribution in [0.5, 0.6) is 0 Å². The molecule has 52 valence electrons. The lowest BCUT2D eigenvalue weighted by atomic mass is 10.2. The summed E-state index contributed by atoms with van der Waals surface area (Å²) in [6.07, 6.45) is 8.78. The Morgan fingerprint density at radius 1 is 1.44 bits per heavy atom. The molecule has 0 amide bonds. The van der Waals surface area contributed by atoms with E-state index in [1.165, 1.54) is 12.0 Å². The summed E-state index contributed by atoms with van der Waals surface area (Å²) in [4.78, 5) is 0. The zero-order valence-electron chi connectivity index (χ0n) is 6.65. The van der Waals surface area contributed by atoms with Crippen LogP contribution in [0.3, 0.4) is 0 Å². The summed E-state index contributed by atoms with van der Waals surface area (Å²) in [7, 11) is 0. The molecule has 0 aliphatic heterocycles. The van der Waals surface area contributed by atoms with Crippen LogP contribution in [0.15, 0.2) is 23.8 Å². The van der Waals surface area contributed by atoms with Gasteiger partial charge in [0.05, 0.1) is 0 Å². The number of allylic oxidation sites excluding steroid dienone is 4. The first-order chi connectivity index (χ1) is 4.31. The van der Waals surface area contributed by atoms with E-state index < -0.39 is 0 Å². The van der Waals surface area contributed by atoms with E-state index in [0.717, 1.165) is 6.42 Å². The molecule has 0 aromatic heterocycles. The molecule has 0 saturated carbocycles. The van der Waals surface area contributed by atoms with E-state index in [1.807, 2.05) is 0 Å². The van der Waals surface area contributed by atoms with Crippen LogP contribution in [-0.4, -0.2) is 0 Å². The van der Waals surface area contributed by atoms with Gasteiger partial charge in [0.25, 0.3) is 0 Å². The molecule has 0 aromatic carbocycles. The van der Waals surface area contributed by atoms with Crippen LogP contribution in [0.4, 0.5) is 0 Å². The van der Waals surface area contributed by atoms with Gasteiger partial charge in [-0.1, -0.05) is 30.7 Å². The molecule has 0 atom stereocenters. The van der Waals surface area contributed by atoms with Crippen LogP contribution in [0.25, 0.3) is 0 Å². The highest BCUT2D eigenvalue weighted by atomic mass is 13.9. The van der Waals surface area contributed by atoms with E-state index in [-0.39, 0.29) is 0 Å². The number of rotatable bonds is 3. The Bertz CT molecular complexity index is 107. The van der Waals surface area contributed by atoms with Gasteiger partial charge in [-0.2, -0.15) is 0 Å². The standard InChI is InChI=1S/C9H16/c1-4-6-7-8-9(3)5-2/h4,6,8H,5,7H2,1-3H3/b6-4-,9-8+. The molecule has 0 spiro atoms. The fourth-order valence-electron chi connectivity index (χ4n) is 0.550. The van der Waals surface area contributed by atoms with Crippen molar-refractivity contribution in [1.82, 2.24) is 0 Å². The molecule has 0 nitrogen and oxygen atoms in total. The molecule has 0 radical (unpaired) electrons. The van der Waals surface area contributed by atoms with Gasteiger partial charge in [0.1, 0.15) is 0 Å².